The van der Waals surface area contributed by atoms with Crippen LogP contribution in [-0.4, -0.2) is 29.0 Å². The molecule has 0 unspecified atom stereocenters. The van der Waals surface area contributed by atoms with Crippen LogP contribution in [0.15, 0.2) is 18.2 Å². The van der Waals surface area contributed by atoms with E-state index >= 15 is 0 Å². The Morgan fingerprint density at radius 3 is 2.80 bits per heavy atom. The highest BCUT2D eigenvalue weighted by molar-refractivity contribution is 7.80. The molecule has 108 valence electrons. The number of primary amides is 1. The minimum absolute atomic E-state index is 0.0942. The van der Waals surface area contributed by atoms with Gasteiger partial charge in [0.1, 0.15) is 0 Å². The molecule has 20 heavy (non-hydrogen) atoms. The number of aryl methyl sites for hydroxylation is 2. The summed E-state index contributed by atoms with van der Waals surface area (Å²) in [5, 5.41) is 3.91. The molecule has 1 aromatic rings. The van der Waals surface area contributed by atoms with Crippen molar-refractivity contribution in [2.24, 2.45) is 11.7 Å². The zero-order valence-corrected chi connectivity index (χ0v) is 12.8. The molecule has 5 heteroatoms. The van der Waals surface area contributed by atoms with Gasteiger partial charge in [-0.3, -0.25) is 4.79 Å². The van der Waals surface area contributed by atoms with Crippen molar-refractivity contribution in [3.05, 3.63) is 29.3 Å². The molecule has 0 bridgehead atoms. The fourth-order valence-electron chi connectivity index (χ4n) is 2.42. The van der Waals surface area contributed by atoms with Gasteiger partial charge >= 0.3 is 0 Å². The Morgan fingerprint density at radius 2 is 2.15 bits per heavy atom. The first-order chi connectivity index (χ1) is 9.47. The summed E-state index contributed by atoms with van der Waals surface area (Å²) < 4.78 is 0. The Labute approximate surface area is 125 Å². The average Bonchev–Trinajstić information content (AvgIpc) is 2.43. The van der Waals surface area contributed by atoms with Gasteiger partial charge < -0.3 is 16.0 Å². The van der Waals surface area contributed by atoms with E-state index in [2.05, 4.69) is 31.3 Å². The molecule has 2 rings (SSSR count). The van der Waals surface area contributed by atoms with Crippen LogP contribution in [-0.2, 0) is 4.79 Å². The summed E-state index contributed by atoms with van der Waals surface area (Å²) in [5.41, 5.74) is 8.86. The van der Waals surface area contributed by atoms with E-state index in [1.807, 2.05) is 11.0 Å². The second-order valence-electron chi connectivity index (χ2n) is 5.42. The number of hydrogen-bond acceptors (Lipinski definition) is 2. The third-order valence-corrected chi connectivity index (χ3v) is 4.23. The van der Waals surface area contributed by atoms with Gasteiger partial charge in [-0.1, -0.05) is 6.07 Å². The average molecular weight is 291 g/mol. The molecule has 0 saturated carbocycles. The Morgan fingerprint density at radius 1 is 1.40 bits per heavy atom. The summed E-state index contributed by atoms with van der Waals surface area (Å²) in [5.74, 6) is -0.327. The van der Waals surface area contributed by atoms with Gasteiger partial charge in [0.15, 0.2) is 5.11 Å². The van der Waals surface area contributed by atoms with Crippen molar-refractivity contribution in [2.45, 2.75) is 26.7 Å². The molecule has 1 aliphatic rings. The lowest BCUT2D eigenvalue weighted by Gasteiger charge is -2.33. The van der Waals surface area contributed by atoms with Gasteiger partial charge in [0.05, 0.1) is 5.92 Å². The molecule has 0 radical (unpaired) electrons. The predicted octanol–water partition coefficient (Wildman–Crippen LogP) is 2.20. The lowest BCUT2D eigenvalue weighted by molar-refractivity contribution is -0.122. The molecule has 0 aliphatic carbocycles. The molecule has 4 nitrogen and oxygen atoms in total. The minimum Gasteiger partial charge on any atom is -0.369 e. The first-order valence-corrected chi connectivity index (χ1v) is 7.30. The maximum absolute atomic E-state index is 11.3. The Balaban J connectivity index is 2.00. The molecule has 1 amide bonds. The molecule has 3 N–H and O–H groups in total. The van der Waals surface area contributed by atoms with Gasteiger partial charge in [-0.25, -0.2) is 0 Å². The number of carbonyl (C=O) groups excluding carboxylic acids is 1. The quantitative estimate of drug-likeness (QED) is 0.820. The molecule has 0 spiro atoms. The number of carbonyl (C=O) groups is 1. The van der Waals surface area contributed by atoms with Crippen LogP contribution in [0.2, 0.25) is 0 Å². The number of likely N-dealkylation sites (tertiary alicyclic amines) is 1. The van der Waals surface area contributed by atoms with Crippen molar-refractivity contribution in [1.82, 2.24) is 4.90 Å². The molecule has 1 atom stereocenters. The van der Waals surface area contributed by atoms with E-state index in [-0.39, 0.29) is 11.8 Å². The van der Waals surface area contributed by atoms with Gasteiger partial charge in [0.2, 0.25) is 5.91 Å². The summed E-state index contributed by atoms with van der Waals surface area (Å²) in [6, 6.07) is 6.17. The molecule has 0 aromatic heterocycles. The van der Waals surface area contributed by atoms with Gasteiger partial charge in [-0.2, -0.15) is 0 Å². The molecule has 1 heterocycles. The maximum Gasteiger partial charge on any atom is 0.222 e. The Bertz CT molecular complexity index is 530. The standard InChI is InChI=1S/C15H21N3OS/c1-10-5-6-13(8-11(10)2)17-15(20)18-7-3-4-12(9-18)14(16)19/h5-6,8,12H,3-4,7,9H2,1-2H3,(H2,16,19)(H,17,20)/t12-/m1/s1. The summed E-state index contributed by atoms with van der Waals surface area (Å²) in [4.78, 5) is 13.3. The monoisotopic (exact) mass is 291 g/mol. The lowest BCUT2D eigenvalue weighted by Crippen LogP contribution is -2.45. The minimum atomic E-state index is -0.233. The maximum atomic E-state index is 11.3. The fraction of sp³-hybridized carbons (Fsp3) is 0.467. The van der Waals surface area contributed by atoms with E-state index in [1.165, 1.54) is 11.1 Å². The van der Waals surface area contributed by atoms with Gasteiger partial charge in [-0.05, 0) is 62.2 Å². The number of amides is 1. The fourth-order valence-corrected chi connectivity index (χ4v) is 2.70. The molecule has 1 aliphatic heterocycles. The summed E-state index contributed by atoms with van der Waals surface area (Å²) >= 11 is 5.43. The number of thiocarbonyl (C=S) groups is 1. The number of nitrogens with one attached hydrogen (secondary N) is 1. The van der Waals surface area contributed by atoms with Crippen molar-refractivity contribution in [3.63, 3.8) is 0 Å². The zero-order valence-electron chi connectivity index (χ0n) is 12.0. The number of nitrogens with zero attached hydrogens (tertiary/aromatic N) is 1. The highest BCUT2D eigenvalue weighted by atomic mass is 32.1. The van der Waals surface area contributed by atoms with E-state index in [9.17, 15) is 4.79 Å². The van der Waals surface area contributed by atoms with Crippen LogP contribution in [0.1, 0.15) is 24.0 Å². The van der Waals surface area contributed by atoms with Crippen molar-refractivity contribution in [1.29, 1.82) is 0 Å². The van der Waals surface area contributed by atoms with Crippen molar-refractivity contribution >= 4 is 28.9 Å². The largest absolute Gasteiger partial charge is 0.369 e. The molecule has 1 saturated heterocycles. The van der Waals surface area contributed by atoms with Gasteiger partial charge in [-0.15, -0.1) is 0 Å². The van der Waals surface area contributed by atoms with E-state index in [1.54, 1.807) is 0 Å². The summed E-state index contributed by atoms with van der Waals surface area (Å²) in [6.07, 6.45) is 1.81. The van der Waals surface area contributed by atoms with Crippen molar-refractivity contribution in [3.8, 4) is 0 Å². The normalized spacial score (nSPS) is 18.7. The second kappa shape index (κ2) is 6.22. The molecular formula is C15H21N3OS. The van der Waals surface area contributed by atoms with Crippen molar-refractivity contribution < 1.29 is 4.79 Å². The SMILES string of the molecule is Cc1ccc(NC(=S)N2CCC[C@@H](C(N)=O)C2)cc1C. The lowest BCUT2D eigenvalue weighted by atomic mass is 9.98. The molecule has 1 aromatic carbocycles. The number of piperidine rings is 1. The number of rotatable bonds is 2. The number of nitrogens with two attached hydrogens (primary N) is 1. The number of benzene rings is 1. The highest BCUT2D eigenvalue weighted by Gasteiger charge is 2.25. The van der Waals surface area contributed by atoms with Crippen LogP contribution in [0, 0.1) is 19.8 Å². The predicted molar refractivity (Wildman–Crippen MR) is 85.6 cm³/mol. The second-order valence-corrected chi connectivity index (χ2v) is 5.80. The highest BCUT2D eigenvalue weighted by Crippen LogP contribution is 2.19. The van der Waals surface area contributed by atoms with E-state index in [4.69, 9.17) is 18.0 Å². The van der Waals surface area contributed by atoms with Crippen LogP contribution in [0.5, 0.6) is 0 Å². The third kappa shape index (κ3) is 3.48. The Hall–Kier alpha value is -1.62. The van der Waals surface area contributed by atoms with Gasteiger partial charge in [0.25, 0.3) is 0 Å². The van der Waals surface area contributed by atoms with Crippen LogP contribution in [0.3, 0.4) is 0 Å². The first-order valence-electron chi connectivity index (χ1n) is 6.90. The van der Waals surface area contributed by atoms with E-state index in [0.717, 1.165) is 25.1 Å². The first kappa shape index (κ1) is 14.8. The number of hydrogen-bond donors (Lipinski definition) is 2. The van der Waals surface area contributed by atoms with Gasteiger partial charge in [0, 0.05) is 18.8 Å². The zero-order chi connectivity index (χ0) is 14.7. The number of anilines is 1. The van der Waals surface area contributed by atoms with Crippen LogP contribution >= 0.6 is 12.2 Å². The summed E-state index contributed by atoms with van der Waals surface area (Å²) in [6.45, 7) is 5.65. The van der Waals surface area contributed by atoms with Crippen molar-refractivity contribution in [2.75, 3.05) is 18.4 Å². The smallest absolute Gasteiger partial charge is 0.222 e. The molecular weight excluding hydrogens is 270 g/mol. The van der Waals surface area contributed by atoms with E-state index < -0.39 is 0 Å². The van der Waals surface area contributed by atoms with Crippen LogP contribution < -0.4 is 11.1 Å². The topological polar surface area (TPSA) is 58.4 Å². The van der Waals surface area contributed by atoms with E-state index in [0.29, 0.717) is 11.7 Å². The van der Waals surface area contributed by atoms with Crippen LogP contribution in [0.25, 0.3) is 0 Å². The van der Waals surface area contributed by atoms with Crippen LogP contribution in [0.4, 0.5) is 5.69 Å². The third-order valence-electron chi connectivity index (χ3n) is 3.87. The Kier molecular flexibility index (Phi) is 4.60. The summed E-state index contributed by atoms with van der Waals surface area (Å²) in [7, 11) is 0. The molecule has 1 fully saturated rings.